The third-order valence-corrected chi connectivity index (χ3v) is 3.77. The Bertz CT molecular complexity index is 918. The van der Waals surface area contributed by atoms with Crippen molar-refractivity contribution in [1.82, 2.24) is 4.98 Å². The van der Waals surface area contributed by atoms with E-state index in [0.717, 1.165) is 5.56 Å². The van der Waals surface area contributed by atoms with E-state index in [2.05, 4.69) is 4.98 Å². The zero-order chi connectivity index (χ0) is 14.7. The Kier molecular flexibility index (Phi) is 3.66. The predicted molar refractivity (Wildman–Crippen MR) is 81.7 cm³/mol. The van der Waals surface area contributed by atoms with Crippen molar-refractivity contribution in [1.29, 1.82) is 0 Å². The number of aromatic nitrogens is 1. The lowest BCUT2D eigenvalue weighted by molar-refractivity contribution is 0.103. The van der Waals surface area contributed by atoms with Crippen molar-refractivity contribution in [2.24, 2.45) is 0 Å². The number of hydrogen-bond acceptors (Lipinski definition) is 4. The number of ketones is 1. The summed E-state index contributed by atoms with van der Waals surface area (Å²) in [6.45, 7) is 0. The van der Waals surface area contributed by atoms with Crippen LogP contribution in [0.3, 0.4) is 0 Å². The molecule has 21 heavy (non-hydrogen) atoms. The maximum absolute atomic E-state index is 11.9. The molecule has 0 aliphatic heterocycles. The van der Waals surface area contributed by atoms with E-state index in [1.54, 1.807) is 18.2 Å². The molecule has 0 atom stereocenters. The molecule has 1 aromatic carbocycles. The lowest BCUT2D eigenvalue weighted by Gasteiger charge is -1.87. The van der Waals surface area contributed by atoms with Gasteiger partial charge < -0.3 is 9.40 Å². The third-order valence-electron chi connectivity index (χ3n) is 2.80. The summed E-state index contributed by atoms with van der Waals surface area (Å²) in [7, 11) is 0. The van der Waals surface area contributed by atoms with Crippen molar-refractivity contribution < 1.29 is 9.21 Å². The fourth-order valence-electron chi connectivity index (χ4n) is 1.83. The van der Waals surface area contributed by atoms with Crippen molar-refractivity contribution in [3.05, 3.63) is 79.6 Å². The molecule has 0 amide bonds. The van der Waals surface area contributed by atoms with Gasteiger partial charge in [-0.2, -0.15) is 0 Å². The van der Waals surface area contributed by atoms with Gasteiger partial charge in [0.15, 0.2) is 5.76 Å². The van der Waals surface area contributed by atoms with Crippen molar-refractivity contribution in [3.8, 4) is 0 Å². The smallest absolute Gasteiger partial charge is 0.266 e. The summed E-state index contributed by atoms with van der Waals surface area (Å²) < 4.78 is 6.08. The molecule has 104 valence electrons. The van der Waals surface area contributed by atoms with E-state index in [1.165, 1.54) is 23.7 Å². The zero-order valence-corrected chi connectivity index (χ0v) is 11.7. The number of nitrogens with one attached hydrogen (secondary N) is 1. The first-order valence-electron chi connectivity index (χ1n) is 6.28. The highest BCUT2D eigenvalue weighted by atomic mass is 32.1. The minimum absolute atomic E-state index is 0.206. The lowest BCUT2D eigenvalue weighted by Crippen LogP contribution is -2.19. The van der Waals surface area contributed by atoms with Crippen LogP contribution in [-0.4, -0.2) is 10.8 Å². The number of thiazole rings is 1. The van der Waals surface area contributed by atoms with Crippen LogP contribution in [0.15, 0.2) is 57.9 Å². The van der Waals surface area contributed by atoms with Gasteiger partial charge in [-0.05, 0) is 23.8 Å². The number of benzene rings is 1. The third kappa shape index (κ3) is 3.09. The average Bonchev–Trinajstić information content (AvgIpc) is 3.11. The number of carbonyl (C=O) groups excluding carboxylic acids is 1. The van der Waals surface area contributed by atoms with Crippen molar-refractivity contribution in [2.45, 2.75) is 0 Å². The summed E-state index contributed by atoms with van der Waals surface area (Å²) in [5, 5.41) is 0. The second-order valence-corrected chi connectivity index (χ2v) is 5.41. The molecule has 0 saturated carbocycles. The average molecular weight is 297 g/mol. The zero-order valence-electron chi connectivity index (χ0n) is 10.9. The topological polar surface area (TPSA) is 63.1 Å². The number of H-pyrrole nitrogens is 1. The Morgan fingerprint density at radius 2 is 1.95 bits per heavy atom. The first-order valence-corrected chi connectivity index (χ1v) is 7.09. The molecule has 1 N–H and O–H groups in total. The van der Waals surface area contributed by atoms with E-state index >= 15 is 0 Å². The lowest BCUT2D eigenvalue weighted by atomic mass is 10.2. The summed E-state index contributed by atoms with van der Waals surface area (Å²) in [6.07, 6.45) is 4.60. The molecule has 0 unspecified atom stereocenters. The molecule has 0 saturated heterocycles. The Balaban J connectivity index is 2.01. The Labute approximate surface area is 123 Å². The minimum Gasteiger partial charge on any atom is -0.461 e. The summed E-state index contributed by atoms with van der Waals surface area (Å²) in [6, 6.07) is 12.8. The van der Waals surface area contributed by atoms with Crippen LogP contribution < -0.4 is 14.8 Å². The molecule has 0 bridgehead atoms. The number of hydrogen-bond donors (Lipinski definition) is 1. The summed E-state index contributed by atoms with van der Waals surface area (Å²) in [4.78, 5) is 26.4. The predicted octanol–water partition coefficient (Wildman–Crippen LogP) is 1.52. The van der Waals surface area contributed by atoms with E-state index in [-0.39, 0.29) is 17.1 Å². The molecule has 0 radical (unpaired) electrons. The van der Waals surface area contributed by atoms with Gasteiger partial charge in [-0.15, -0.1) is 11.3 Å². The second kappa shape index (κ2) is 5.76. The minimum atomic E-state index is -0.274. The summed E-state index contributed by atoms with van der Waals surface area (Å²) in [5.74, 6) is -0.0263. The number of furan rings is 1. The van der Waals surface area contributed by atoms with Crippen LogP contribution in [0.5, 0.6) is 0 Å². The second-order valence-electron chi connectivity index (χ2n) is 4.33. The first-order chi connectivity index (χ1) is 10.2. The maximum atomic E-state index is 11.9. The van der Waals surface area contributed by atoms with Gasteiger partial charge in [0.1, 0.15) is 0 Å². The summed E-state index contributed by atoms with van der Waals surface area (Å²) >= 11 is 1.24. The van der Waals surface area contributed by atoms with Crippen LogP contribution in [0.1, 0.15) is 16.1 Å². The van der Waals surface area contributed by atoms with Crippen LogP contribution in [0, 0.1) is 0 Å². The molecule has 0 fully saturated rings. The largest absolute Gasteiger partial charge is 0.461 e. The number of aromatic amines is 1. The number of rotatable bonds is 3. The molecule has 3 aromatic rings. The van der Waals surface area contributed by atoms with Gasteiger partial charge in [-0.1, -0.05) is 30.3 Å². The van der Waals surface area contributed by atoms with Crippen LogP contribution in [-0.2, 0) is 0 Å². The molecule has 0 spiro atoms. The standard InChI is InChI=1S/C16H11NO3S/c18-12(13-7-4-8-20-13)10-15-17-16(19)14(21-15)9-11-5-2-1-3-6-11/h1-10H,(H,17,19)/b14-9+,15-10+. The molecule has 3 rings (SSSR count). The van der Waals surface area contributed by atoms with Gasteiger partial charge >= 0.3 is 0 Å². The highest BCUT2D eigenvalue weighted by Crippen LogP contribution is 2.01. The van der Waals surface area contributed by atoms with E-state index in [9.17, 15) is 9.59 Å². The van der Waals surface area contributed by atoms with E-state index in [1.807, 2.05) is 30.3 Å². The van der Waals surface area contributed by atoms with E-state index < -0.39 is 0 Å². The highest BCUT2D eigenvalue weighted by Gasteiger charge is 2.05. The first kappa shape index (κ1) is 13.3. The molecular formula is C16H11NO3S. The van der Waals surface area contributed by atoms with Crippen LogP contribution in [0.4, 0.5) is 0 Å². The molecule has 2 heterocycles. The number of Topliss-reactive ketones (excluding diaryl/α,β-unsaturated/α-hetero) is 1. The molecule has 0 aliphatic carbocycles. The van der Waals surface area contributed by atoms with Gasteiger partial charge in [0.2, 0.25) is 5.78 Å². The SMILES string of the molecule is O=C(/C=c1\[nH]c(=O)/c(=C\c2ccccc2)s1)c1ccco1. The van der Waals surface area contributed by atoms with Gasteiger partial charge in [-0.3, -0.25) is 9.59 Å². The van der Waals surface area contributed by atoms with Gasteiger partial charge in [-0.25, -0.2) is 0 Å². The highest BCUT2D eigenvalue weighted by molar-refractivity contribution is 7.07. The summed E-state index contributed by atoms with van der Waals surface area (Å²) in [5.41, 5.74) is 0.733. The molecular weight excluding hydrogens is 286 g/mol. The molecule has 2 aromatic heterocycles. The monoisotopic (exact) mass is 297 g/mol. The van der Waals surface area contributed by atoms with E-state index in [0.29, 0.717) is 9.20 Å². The van der Waals surface area contributed by atoms with Crippen molar-refractivity contribution in [3.63, 3.8) is 0 Å². The molecule has 5 heteroatoms. The van der Waals surface area contributed by atoms with E-state index in [4.69, 9.17) is 4.42 Å². The van der Waals surface area contributed by atoms with Crippen LogP contribution in [0.25, 0.3) is 12.2 Å². The van der Waals surface area contributed by atoms with Gasteiger partial charge in [0.25, 0.3) is 5.56 Å². The van der Waals surface area contributed by atoms with Crippen LogP contribution >= 0.6 is 11.3 Å². The Hall–Kier alpha value is -2.66. The molecule has 0 aliphatic rings. The van der Waals surface area contributed by atoms with Gasteiger partial charge in [0, 0.05) is 6.08 Å². The van der Waals surface area contributed by atoms with Crippen molar-refractivity contribution in [2.75, 3.05) is 0 Å². The Morgan fingerprint density at radius 3 is 2.67 bits per heavy atom. The van der Waals surface area contributed by atoms with Crippen LogP contribution in [0.2, 0.25) is 0 Å². The fraction of sp³-hybridized carbons (Fsp3) is 0. The van der Waals surface area contributed by atoms with Crippen molar-refractivity contribution >= 4 is 29.3 Å². The normalized spacial score (nSPS) is 12.8. The number of carbonyl (C=O) groups is 1. The Morgan fingerprint density at radius 1 is 1.14 bits per heavy atom. The molecule has 4 nitrogen and oxygen atoms in total. The fourth-order valence-corrected chi connectivity index (χ4v) is 2.72. The quantitative estimate of drug-likeness (QED) is 0.746. The maximum Gasteiger partial charge on any atom is 0.266 e. The van der Waals surface area contributed by atoms with Gasteiger partial charge in [0.05, 0.1) is 15.5 Å².